The van der Waals surface area contributed by atoms with Gasteiger partial charge in [0.15, 0.2) is 0 Å². The monoisotopic (exact) mass is 275 g/mol. The molecule has 4 nitrogen and oxygen atoms in total. The lowest BCUT2D eigenvalue weighted by molar-refractivity contribution is -0.139. The van der Waals surface area contributed by atoms with Crippen molar-refractivity contribution in [1.29, 1.82) is 0 Å². The number of likely N-dealkylation sites (N-methyl/N-ethyl adjacent to an activating group) is 1. The lowest BCUT2D eigenvalue weighted by Gasteiger charge is -2.38. The lowest BCUT2D eigenvalue weighted by Crippen LogP contribution is -2.54. The second-order valence-corrected chi connectivity index (χ2v) is 5.25. The van der Waals surface area contributed by atoms with Crippen LogP contribution in [-0.2, 0) is 4.79 Å². The van der Waals surface area contributed by atoms with Gasteiger partial charge in [0, 0.05) is 32.2 Å². The molecule has 2 heterocycles. The number of carbonyl (C=O) groups is 1. The molecule has 0 spiro atoms. The van der Waals surface area contributed by atoms with E-state index in [0.717, 1.165) is 52.1 Å². The van der Waals surface area contributed by atoms with Crippen LogP contribution in [0.4, 0.5) is 0 Å². The van der Waals surface area contributed by atoms with Gasteiger partial charge in [0.05, 0.1) is 5.92 Å². The van der Waals surface area contributed by atoms with E-state index in [9.17, 15) is 4.79 Å². The molecule has 1 amide bonds. The summed E-state index contributed by atoms with van der Waals surface area (Å²) >= 11 is 0. The van der Waals surface area contributed by atoms with Gasteiger partial charge < -0.3 is 15.1 Å². The van der Waals surface area contributed by atoms with Crippen molar-refractivity contribution in [1.82, 2.24) is 15.1 Å². The first-order valence-electron chi connectivity index (χ1n) is 6.97. The summed E-state index contributed by atoms with van der Waals surface area (Å²) in [6, 6.07) is 0.348. The molecule has 18 heavy (non-hydrogen) atoms. The molecule has 2 unspecified atom stereocenters. The molecule has 2 atom stereocenters. The Morgan fingerprint density at radius 1 is 1.28 bits per heavy atom. The van der Waals surface area contributed by atoms with Gasteiger partial charge in [0.25, 0.3) is 0 Å². The minimum absolute atomic E-state index is 0. The molecular weight excluding hydrogens is 250 g/mol. The fraction of sp³-hybridized carbons (Fsp3) is 0.923. The van der Waals surface area contributed by atoms with Crippen LogP contribution in [-0.4, -0.2) is 61.0 Å². The van der Waals surface area contributed by atoms with Crippen molar-refractivity contribution in [3.8, 4) is 0 Å². The van der Waals surface area contributed by atoms with Crippen molar-refractivity contribution < 1.29 is 4.79 Å². The molecule has 2 saturated heterocycles. The molecule has 2 aliphatic rings. The van der Waals surface area contributed by atoms with Gasteiger partial charge in [-0.05, 0) is 32.9 Å². The summed E-state index contributed by atoms with van der Waals surface area (Å²) in [6.45, 7) is 10.4. The number of nitrogens with one attached hydrogen (secondary N) is 1. The third-order valence-electron chi connectivity index (χ3n) is 4.21. The van der Waals surface area contributed by atoms with Crippen molar-refractivity contribution >= 4 is 18.3 Å². The van der Waals surface area contributed by atoms with Gasteiger partial charge in [0.1, 0.15) is 0 Å². The molecule has 0 saturated carbocycles. The quantitative estimate of drug-likeness (QED) is 0.816. The van der Waals surface area contributed by atoms with Crippen molar-refractivity contribution in [3.05, 3.63) is 0 Å². The highest BCUT2D eigenvalue weighted by molar-refractivity contribution is 5.85. The highest BCUT2D eigenvalue weighted by Crippen LogP contribution is 2.19. The molecule has 5 heteroatoms. The Morgan fingerprint density at radius 3 is 2.50 bits per heavy atom. The topological polar surface area (TPSA) is 35.6 Å². The minimum Gasteiger partial charge on any atom is -0.340 e. The van der Waals surface area contributed by atoms with E-state index in [-0.39, 0.29) is 18.3 Å². The number of piperidine rings is 1. The molecule has 106 valence electrons. The van der Waals surface area contributed by atoms with Crippen LogP contribution in [0.3, 0.4) is 0 Å². The molecule has 0 aromatic carbocycles. The van der Waals surface area contributed by atoms with Crippen LogP contribution < -0.4 is 5.32 Å². The molecular formula is C13H26ClN3O. The number of halogens is 1. The molecule has 1 N–H and O–H groups in total. The maximum Gasteiger partial charge on any atom is 0.227 e. The SMILES string of the molecule is CCN1CCN(C(=O)C2CCCNC2C)CC1.Cl. The number of carbonyl (C=O) groups excluding carboxylic acids is 1. The predicted octanol–water partition coefficient (Wildman–Crippen LogP) is 0.960. The maximum absolute atomic E-state index is 12.4. The second kappa shape index (κ2) is 7.31. The van der Waals surface area contributed by atoms with Crippen molar-refractivity contribution in [2.45, 2.75) is 32.7 Å². The number of rotatable bonds is 2. The van der Waals surface area contributed by atoms with E-state index in [0.29, 0.717) is 11.9 Å². The molecule has 0 aliphatic carbocycles. The molecule has 0 bridgehead atoms. The number of nitrogens with zero attached hydrogens (tertiary/aromatic N) is 2. The summed E-state index contributed by atoms with van der Waals surface area (Å²) in [5, 5.41) is 3.41. The average molecular weight is 276 g/mol. The van der Waals surface area contributed by atoms with Crippen LogP contribution in [0.2, 0.25) is 0 Å². The Morgan fingerprint density at radius 2 is 1.94 bits per heavy atom. The highest BCUT2D eigenvalue weighted by Gasteiger charge is 2.32. The third-order valence-corrected chi connectivity index (χ3v) is 4.21. The zero-order valence-corrected chi connectivity index (χ0v) is 12.3. The minimum atomic E-state index is 0. The van der Waals surface area contributed by atoms with E-state index < -0.39 is 0 Å². The predicted molar refractivity (Wildman–Crippen MR) is 76.1 cm³/mol. The number of piperazine rings is 1. The van der Waals surface area contributed by atoms with Gasteiger partial charge in [-0.15, -0.1) is 12.4 Å². The first-order chi connectivity index (χ1) is 8.22. The van der Waals surface area contributed by atoms with Crippen LogP contribution in [0, 0.1) is 5.92 Å². The molecule has 0 radical (unpaired) electrons. The third kappa shape index (κ3) is 3.59. The Labute approximate surface area is 116 Å². The average Bonchev–Trinajstić information content (AvgIpc) is 2.39. The van der Waals surface area contributed by atoms with E-state index >= 15 is 0 Å². The van der Waals surface area contributed by atoms with E-state index in [1.807, 2.05) is 0 Å². The zero-order chi connectivity index (χ0) is 12.3. The summed E-state index contributed by atoms with van der Waals surface area (Å²) in [5.41, 5.74) is 0. The summed E-state index contributed by atoms with van der Waals surface area (Å²) in [7, 11) is 0. The number of amides is 1. The smallest absolute Gasteiger partial charge is 0.227 e. The number of hydrogen-bond acceptors (Lipinski definition) is 3. The highest BCUT2D eigenvalue weighted by atomic mass is 35.5. The first-order valence-corrected chi connectivity index (χ1v) is 6.97. The second-order valence-electron chi connectivity index (χ2n) is 5.25. The van der Waals surface area contributed by atoms with E-state index in [1.165, 1.54) is 0 Å². The van der Waals surface area contributed by atoms with Gasteiger partial charge in [-0.2, -0.15) is 0 Å². The largest absolute Gasteiger partial charge is 0.340 e. The Bertz CT molecular complexity index is 267. The van der Waals surface area contributed by atoms with E-state index in [2.05, 4.69) is 29.0 Å². The maximum atomic E-state index is 12.4. The van der Waals surface area contributed by atoms with Gasteiger partial charge >= 0.3 is 0 Å². The molecule has 2 fully saturated rings. The molecule has 0 aromatic heterocycles. The summed E-state index contributed by atoms with van der Waals surface area (Å²) in [4.78, 5) is 16.9. The van der Waals surface area contributed by atoms with Crippen molar-refractivity contribution in [2.75, 3.05) is 39.3 Å². The summed E-state index contributed by atoms with van der Waals surface area (Å²) in [5.74, 6) is 0.581. The summed E-state index contributed by atoms with van der Waals surface area (Å²) < 4.78 is 0. The first kappa shape index (κ1) is 15.7. The van der Waals surface area contributed by atoms with Gasteiger partial charge in [-0.25, -0.2) is 0 Å². The van der Waals surface area contributed by atoms with Crippen molar-refractivity contribution in [3.63, 3.8) is 0 Å². The van der Waals surface area contributed by atoms with Crippen LogP contribution in [0.25, 0.3) is 0 Å². The van der Waals surface area contributed by atoms with Gasteiger partial charge in [0.2, 0.25) is 5.91 Å². The van der Waals surface area contributed by atoms with Gasteiger partial charge in [-0.1, -0.05) is 6.92 Å². The standard InChI is InChI=1S/C13H25N3O.ClH/c1-3-15-7-9-16(10-8-15)13(17)12-5-4-6-14-11(12)2;/h11-12,14H,3-10H2,1-2H3;1H. The molecule has 2 rings (SSSR count). The fourth-order valence-electron chi connectivity index (χ4n) is 2.90. The van der Waals surface area contributed by atoms with E-state index in [1.54, 1.807) is 0 Å². The Balaban J connectivity index is 0.00000162. The molecule has 0 aromatic rings. The van der Waals surface area contributed by atoms with Crippen LogP contribution in [0.1, 0.15) is 26.7 Å². The zero-order valence-electron chi connectivity index (χ0n) is 11.5. The van der Waals surface area contributed by atoms with Crippen LogP contribution >= 0.6 is 12.4 Å². The van der Waals surface area contributed by atoms with Gasteiger partial charge in [-0.3, -0.25) is 4.79 Å². The Hall–Kier alpha value is -0.320. The fourth-order valence-corrected chi connectivity index (χ4v) is 2.90. The van der Waals surface area contributed by atoms with Crippen LogP contribution in [0.5, 0.6) is 0 Å². The molecule has 2 aliphatic heterocycles. The van der Waals surface area contributed by atoms with Crippen LogP contribution in [0.15, 0.2) is 0 Å². The summed E-state index contributed by atoms with van der Waals surface area (Å²) in [6.07, 6.45) is 2.19. The van der Waals surface area contributed by atoms with Crippen molar-refractivity contribution in [2.24, 2.45) is 5.92 Å². The Kier molecular flexibility index (Phi) is 6.39. The van der Waals surface area contributed by atoms with E-state index in [4.69, 9.17) is 0 Å². The lowest BCUT2D eigenvalue weighted by atomic mass is 9.90. The number of hydrogen-bond donors (Lipinski definition) is 1. The normalized spacial score (nSPS) is 29.8.